The van der Waals surface area contributed by atoms with Gasteiger partial charge < -0.3 is 50.3 Å². The number of cyclic esters (lactones) is 1. The SMILES string of the molecule is O=C(O[C@H]1C(=O)OC[C@@H](O)[C@@H](O)[C@@H]1O)[C@H](O)[C@@H](O)[C@H](O)[C@H](O)CO. The van der Waals surface area contributed by atoms with Crippen molar-refractivity contribution in [1.29, 1.82) is 0 Å². The average molecular weight is 356 g/mol. The Bertz CT molecular complexity index is 442. The molecule has 0 bridgehead atoms. The van der Waals surface area contributed by atoms with Crippen molar-refractivity contribution in [1.82, 2.24) is 0 Å². The molecule has 1 saturated heterocycles. The third-order valence-corrected chi connectivity index (χ3v) is 3.42. The maximum atomic E-state index is 11.7. The molecule has 12 heteroatoms. The molecule has 0 amide bonds. The smallest absolute Gasteiger partial charge is 0.350 e. The molecule has 1 aliphatic rings. The summed E-state index contributed by atoms with van der Waals surface area (Å²) in [6, 6.07) is 0. The molecule has 1 aliphatic heterocycles. The van der Waals surface area contributed by atoms with E-state index in [0.717, 1.165) is 0 Å². The molecule has 1 fully saturated rings. The fourth-order valence-electron chi connectivity index (χ4n) is 1.87. The summed E-state index contributed by atoms with van der Waals surface area (Å²) in [5.74, 6) is -3.00. The lowest BCUT2D eigenvalue weighted by Crippen LogP contribution is -2.52. The molecule has 0 aromatic rings. The van der Waals surface area contributed by atoms with Crippen LogP contribution in [-0.4, -0.2) is 115 Å². The normalized spacial score (nSPS) is 32.9. The Hall–Kier alpha value is -1.38. The van der Waals surface area contributed by atoms with E-state index in [0.29, 0.717) is 0 Å². The second-order valence-corrected chi connectivity index (χ2v) is 5.21. The molecule has 0 spiro atoms. The van der Waals surface area contributed by atoms with Crippen molar-refractivity contribution in [3.8, 4) is 0 Å². The molecule has 0 aromatic heterocycles. The topological polar surface area (TPSA) is 214 Å². The minimum atomic E-state index is -2.45. The predicted molar refractivity (Wildman–Crippen MR) is 70.0 cm³/mol. The second kappa shape index (κ2) is 8.64. The first-order chi connectivity index (χ1) is 11.1. The van der Waals surface area contributed by atoms with E-state index in [1.54, 1.807) is 0 Å². The van der Waals surface area contributed by atoms with Gasteiger partial charge in [0.05, 0.1) is 6.61 Å². The van der Waals surface area contributed by atoms with Gasteiger partial charge in [-0.1, -0.05) is 0 Å². The van der Waals surface area contributed by atoms with E-state index in [4.69, 9.17) is 10.2 Å². The zero-order valence-corrected chi connectivity index (χ0v) is 12.2. The van der Waals surface area contributed by atoms with Gasteiger partial charge in [0.2, 0.25) is 6.10 Å². The summed E-state index contributed by atoms with van der Waals surface area (Å²) in [4.78, 5) is 23.3. The van der Waals surface area contributed by atoms with Crippen LogP contribution in [0.25, 0.3) is 0 Å². The molecule has 0 aliphatic carbocycles. The third kappa shape index (κ3) is 4.58. The highest BCUT2D eigenvalue weighted by molar-refractivity contribution is 5.82. The Morgan fingerprint density at radius 3 is 2.25 bits per heavy atom. The van der Waals surface area contributed by atoms with Crippen LogP contribution >= 0.6 is 0 Å². The molecule has 0 saturated carbocycles. The van der Waals surface area contributed by atoms with Gasteiger partial charge in [-0.2, -0.15) is 0 Å². The third-order valence-electron chi connectivity index (χ3n) is 3.42. The molecule has 140 valence electrons. The Kier molecular flexibility index (Phi) is 7.44. The zero-order valence-electron chi connectivity index (χ0n) is 12.2. The number of rotatable bonds is 6. The summed E-state index contributed by atoms with van der Waals surface area (Å²) < 4.78 is 8.92. The number of hydrogen-bond donors (Lipinski definition) is 8. The number of hydrogen-bond acceptors (Lipinski definition) is 12. The Morgan fingerprint density at radius 1 is 1.12 bits per heavy atom. The number of aliphatic hydroxyl groups excluding tert-OH is 8. The van der Waals surface area contributed by atoms with Gasteiger partial charge in [-0.05, 0) is 0 Å². The van der Waals surface area contributed by atoms with Gasteiger partial charge >= 0.3 is 11.9 Å². The first-order valence-electron chi connectivity index (χ1n) is 6.86. The summed E-state index contributed by atoms with van der Waals surface area (Å²) in [6.45, 7) is -1.64. The molecule has 24 heavy (non-hydrogen) atoms. The standard InChI is InChI=1S/C12H20O12/c13-1-3(14)5(16)7(18)9(20)11(21)24-10-8(19)6(17)4(15)2-23-12(10)22/h3-10,13-20H,1-2H2/t3-,4-,5-,6-,7+,8+,9-,10-/m1/s1. The molecule has 0 aromatic carbocycles. The molecule has 1 rings (SSSR count). The summed E-state index contributed by atoms with van der Waals surface area (Å²) in [5, 5.41) is 74.9. The van der Waals surface area contributed by atoms with Crippen LogP contribution in [0.1, 0.15) is 0 Å². The lowest BCUT2D eigenvalue weighted by Gasteiger charge is -2.27. The van der Waals surface area contributed by atoms with E-state index in [-0.39, 0.29) is 0 Å². The van der Waals surface area contributed by atoms with Crippen molar-refractivity contribution in [2.45, 2.75) is 48.8 Å². The number of ether oxygens (including phenoxy) is 2. The van der Waals surface area contributed by atoms with E-state index in [1.165, 1.54) is 0 Å². The Morgan fingerprint density at radius 2 is 1.71 bits per heavy atom. The average Bonchev–Trinajstić information content (AvgIpc) is 2.66. The lowest BCUT2D eigenvalue weighted by atomic mass is 10.0. The summed E-state index contributed by atoms with van der Waals surface area (Å²) in [7, 11) is 0. The molecule has 12 nitrogen and oxygen atoms in total. The van der Waals surface area contributed by atoms with Gasteiger partial charge in [-0.25, -0.2) is 9.59 Å². The van der Waals surface area contributed by atoms with Crippen molar-refractivity contribution in [3.63, 3.8) is 0 Å². The van der Waals surface area contributed by atoms with Crippen LogP contribution in [0.5, 0.6) is 0 Å². The molecule has 8 N–H and O–H groups in total. The van der Waals surface area contributed by atoms with E-state index in [1.807, 2.05) is 0 Å². The second-order valence-electron chi connectivity index (χ2n) is 5.21. The monoisotopic (exact) mass is 356 g/mol. The van der Waals surface area contributed by atoms with Crippen molar-refractivity contribution in [2.75, 3.05) is 13.2 Å². The first-order valence-corrected chi connectivity index (χ1v) is 6.86. The molecule has 8 atom stereocenters. The van der Waals surface area contributed by atoms with Crippen molar-refractivity contribution in [3.05, 3.63) is 0 Å². The van der Waals surface area contributed by atoms with Crippen LogP contribution in [0, 0.1) is 0 Å². The lowest BCUT2D eigenvalue weighted by molar-refractivity contribution is -0.190. The fraction of sp³-hybridized carbons (Fsp3) is 0.833. The van der Waals surface area contributed by atoms with Gasteiger partial charge in [0.15, 0.2) is 6.10 Å². The number of carbonyl (C=O) groups is 2. The molecular weight excluding hydrogens is 336 g/mol. The fourth-order valence-corrected chi connectivity index (χ4v) is 1.87. The van der Waals surface area contributed by atoms with Crippen LogP contribution in [0.2, 0.25) is 0 Å². The highest BCUT2D eigenvalue weighted by atomic mass is 16.6. The van der Waals surface area contributed by atoms with Gasteiger partial charge in [-0.15, -0.1) is 0 Å². The highest BCUT2D eigenvalue weighted by Crippen LogP contribution is 2.17. The summed E-state index contributed by atoms with van der Waals surface area (Å²) in [6.07, 6.45) is -16.4. The van der Waals surface area contributed by atoms with E-state index in [2.05, 4.69) is 9.47 Å². The highest BCUT2D eigenvalue weighted by Gasteiger charge is 2.45. The van der Waals surface area contributed by atoms with Crippen LogP contribution in [0.4, 0.5) is 0 Å². The minimum absolute atomic E-state index is 0.669. The van der Waals surface area contributed by atoms with Crippen LogP contribution in [0.3, 0.4) is 0 Å². The van der Waals surface area contributed by atoms with E-state index in [9.17, 15) is 40.2 Å². The predicted octanol–water partition coefficient (Wildman–Crippen LogP) is -6.03. The summed E-state index contributed by atoms with van der Waals surface area (Å²) >= 11 is 0. The van der Waals surface area contributed by atoms with Crippen molar-refractivity contribution >= 4 is 11.9 Å². The number of aliphatic hydroxyl groups is 8. The van der Waals surface area contributed by atoms with Gasteiger partial charge in [0, 0.05) is 0 Å². The van der Waals surface area contributed by atoms with Crippen LogP contribution in [-0.2, 0) is 19.1 Å². The van der Waals surface area contributed by atoms with Crippen LogP contribution in [0.15, 0.2) is 0 Å². The zero-order chi connectivity index (χ0) is 18.6. The first kappa shape index (κ1) is 20.7. The maximum absolute atomic E-state index is 11.7. The van der Waals surface area contributed by atoms with Crippen LogP contribution < -0.4 is 0 Å². The van der Waals surface area contributed by atoms with E-state index < -0.39 is 74.0 Å². The van der Waals surface area contributed by atoms with Crippen molar-refractivity contribution < 1.29 is 59.9 Å². The van der Waals surface area contributed by atoms with Crippen molar-refractivity contribution in [2.24, 2.45) is 0 Å². The molecule has 1 heterocycles. The molecule has 0 unspecified atom stereocenters. The molecular formula is C12H20O12. The Balaban J connectivity index is 2.79. The summed E-state index contributed by atoms with van der Waals surface area (Å²) in [5.41, 5.74) is 0. The largest absolute Gasteiger partial charge is 0.460 e. The minimum Gasteiger partial charge on any atom is -0.460 e. The maximum Gasteiger partial charge on any atom is 0.350 e. The van der Waals surface area contributed by atoms with Gasteiger partial charge in [0.25, 0.3) is 0 Å². The van der Waals surface area contributed by atoms with E-state index >= 15 is 0 Å². The Labute approximate surface area is 135 Å². The quantitative estimate of drug-likeness (QED) is 0.209. The van der Waals surface area contributed by atoms with Gasteiger partial charge in [0.1, 0.15) is 43.2 Å². The van der Waals surface area contributed by atoms with Gasteiger partial charge in [-0.3, -0.25) is 0 Å². The number of esters is 2. The number of carbonyl (C=O) groups excluding carboxylic acids is 2. The molecule has 0 radical (unpaired) electrons.